The lowest BCUT2D eigenvalue weighted by molar-refractivity contribution is -0.124. The smallest absolute Gasteiger partial charge is 0.230 e. The van der Waals surface area contributed by atoms with Gasteiger partial charge in [-0.05, 0) is 18.6 Å². The Labute approximate surface area is 95.5 Å². The highest BCUT2D eigenvalue weighted by Crippen LogP contribution is 2.27. The molecule has 0 unspecified atom stereocenters. The van der Waals surface area contributed by atoms with E-state index in [1.54, 1.807) is 6.07 Å². The number of aromatic hydroxyl groups is 1. The predicted molar refractivity (Wildman–Crippen MR) is 65.2 cm³/mol. The van der Waals surface area contributed by atoms with Gasteiger partial charge in [0.15, 0.2) is 0 Å². The van der Waals surface area contributed by atoms with Gasteiger partial charge in [0.25, 0.3) is 0 Å². The van der Waals surface area contributed by atoms with Crippen molar-refractivity contribution >= 4 is 17.3 Å². The van der Waals surface area contributed by atoms with Crippen LogP contribution in [0, 0.1) is 5.41 Å². The third kappa shape index (κ3) is 2.66. The number of amides is 1. The van der Waals surface area contributed by atoms with Crippen molar-refractivity contribution < 1.29 is 9.90 Å². The second kappa shape index (κ2) is 4.43. The van der Waals surface area contributed by atoms with Gasteiger partial charge in [0.05, 0.1) is 11.4 Å². The molecule has 1 rings (SSSR count). The molecule has 88 valence electrons. The molecule has 0 bridgehead atoms. The maximum atomic E-state index is 11.9. The maximum Gasteiger partial charge on any atom is 0.230 e. The van der Waals surface area contributed by atoms with E-state index in [0.29, 0.717) is 11.4 Å². The molecular weight excluding hydrogens is 204 g/mol. The number of carbonyl (C=O) groups excluding carboxylic acids is 1. The molecule has 0 radical (unpaired) electrons. The number of phenols is 1. The van der Waals surface area contributed by atoms with E-state index in [0.717, 1.165) is 6.42 Å². The van der Waals surface area contributed by atoms with Crippen molar-refractivity contribution in [1.29, 1.82) is 0 Å². The molecule has 0 fully saturated rings. The molecule has 0 saturated heterocycles. The number of benzene rings is 1. The quantitative estimate of drug-likeness (QED) is 0.542. The van der Waals surface area contributed by atoms with Gasteiger partial charge in [-0.1, -0.05) is 20.8 Å². The van der Waals surface area contributed by atoms with Gasteiger partial charge in [-0.15, -0.1) is 0 Å². The summed E-state index contributed by atoms with van der Waals surface area (Å²) in [6.07, 6.45) is 0.747. The van der Waals surface area contributed by atoms with Crippen LogP contribution in [-0.2, 0) is 4.79 Å². The summed E-state index contributed by atoms with van der Waals surface area (Å²) in [7, 11) is 0. The van der Waals surface area contributed by atoms with Crippen molar-refractivity contribution in [3.63, 3.8) is 0 Å². The summed E-state index contributed by atoms with van der Waals surface area (Å²) in [5.74, 6) is 0.0117. The average Bonchev–Trinajstić information content (AvgIpc) is 2.22. The molecule has 0 saturated carbocycles. The summed E-state index contributed by atoms with van der Waals surface area (Å²) in [4.78, 5) is 11.9. The third-order valence-corrected chi connectivity index (χ3v) is 2.78. The van der Waals surface area contributed by atoms with Crippen LogP contribution in [0.5, 0.6) is 5.75 Å². The highest BCUT2D eigenvalue weighted by atomic mass is 16.3. The van der Waals surface area contributed by atoms with Crippen LogP contribution in [0.1, 0.15) is 27.2 Å². The topological polar surface area (TPSA) is 75.3 Å². The van der Waals surface area contributed by atoms with Crippen LogP contribution in [0.3, 0.4) is 0 Å². The van der Waals surface area contributed by atoms with E-state index >= 15 is 0 Å². The molecule has 4 heteroatoms. The van der Waals surface area contributed by atoms with Gasteiger partial charge in [-0.3, -0.25) is 4.79 Å². The van der Waals surface area contributed by atoms with E-state index in [-0.39, 0.29) is 11.7 Å². The summed E-state index contributed by atoms with van der Waals surface area (Å²) in [5.41, 5.74) is 6.15. The van der Waals surface area contributed by atoms with Gasteiger partial charge in [0.2, 0.25) is 5.91 Å². The van der Waals surface area contributed by atoms with E-state index in [2.05, 4.69) is 5.32 Å². The molecular formula is C12H18N2O2. The standard InChI is InChI=1S/C12H18N2O2/c1-4-12(2,3)11(16)14-10-6-5-8(15)7-9(10)13/h5-7,15H,4,13H2,1-3H3,(H,14,16). The van der Waals surface area contributed by atoms with Gasteiger partial charge >= 0.3 is 0 Å². The number of carbonyl (C=O) groups is 1. The van der Waals surface area contributed by atoms with E-state index in [4.69, 9.17) is 5.73 Å². The minimum absolute atomic E-state index is 0.0765. The maximum absolute atomic E-state index is 11.9. The minimum Gasteiger partial charge on any atom is -0.508 e. The average molecular weight is 222 g/mol. The number of nitrogens with two attached hydrogens (primary N) is 1. The number of rotatable bonds is 3. The van der Waals surface area contributed by atoms with E-state index in [1.807, 2.05) is 20.8 Å². The zero-order valence-electron chi connectivity index (χ0n) is 9.87. The van der Waals surface area contributed by atoms with Crippen LogP contribution in [0.4, 0.5) is 11.4 Å². The summed E-state index contributed by atoms with van der Waals surface area (Å²) in [5, 5.41) is 11.9. The van der Waals surface area contributed by atoms with Gasteiger partial charge in [0, 0.05) is 11.5 Å². The first kappa shape index (κ1) is 12.4. The fourth-order valence-electron chi connectivity index (χ4n) is 1.12. The van der Waals surface area contributed by atoms with Crippen LogP contribution < -0.4 is 11.1 Å². The van der Waals surface area contributed by atoms with Gasteiger partial charge in [-0.2, -0.15) is 0 Å². The first-order valence-corrected chi connectivity index (χ1v) is 5.27. The second-order valence-corrected chi connectivity index (χ2v) is 4.46. The molecule has 1 amide bonds. The summed E-state index contributed by atoms with van der Waals surface area (Å²) < 4.78 is 0. The lowest BCUT2D eigenvalue weighted by Crippen LogP contribution is -2.30. The molecule has 0 aliphatic rings. The molecule has 0 atom stereocenters. The van der Waals surface area contributed by atoms with Crippen molar-refractivity contribution in [2.75, 3.05) is 11.1 Å². The van der Waals surface area contributed by atoms with Crippen molar-refractivity contribution in [1.82, 2.24) is 0 Å². The lowest BCUT2D eigenvalue weighted by Gasteiger charge is -2.22. The third-order valence-electron chi connectivity index (χ3n) is 2.78. The monoisotopic (exact) mass is 222 g/mol. The molecule has 4 nitrogen and oxygen atoms in total. The largest absolute Gasteiger partial charge is 0.508 e. The highest BCUT2D eigenvalue weighted by Gasteiger charge is 2.25. The molecule has 0 aliphatic heterocycles. The van der Waals surface area contributed by atoms with Crippen LogP contribution in [0.25, 0.3) is 0 Å². The first-order chi connectivity index (χ1) is 7.36. The molecule has 0 aromatic heterocycles. The van der Waals surface area contributed by atoms with Gasteiger partial charge in [-0.25, -0.2) is 0 Å². The highest BCUT2D eigenvalue weighted by molar-refractivity contribution is 5.97. The zero-order chi connectivity index (χ0) is 12.3. The van der Waals surface area contributed by atoms with E-state index < -0.39 is 5.41 Å². The zero-order valence-corrected chi connectivity index (χ0v) is 9.87. The van der Waals surface area contributed by atoms with Crippen LogP contribution in [0.2, 0.25) is 0 Å². The Morgan fingerprint density at radius 3 is 2.62 bits per heavy atom. The van der Waals surface area contributed by atoms with E-state index in [1.165, 1.54) is 12.1 Å². The molecule has 1 aromatic carbocycles. The van der Waals surface area contributed by atoms with Gasteiger partial charge in [0.1, 0.15) is 5.75 Å². The molecule has 0 aliphatic carbocycles. The van der Waals surface area contributed by atoms with Crippen molar-refractivity contribution in [2.24, 2.45) is 5.41 Å². The first-order valence-electron chi connectivity index (χ1n) is 5.27. The van der Waals surface area contributed by atoms with Gasteiger partial charge < -0.3 is 16.2 Å². The van der Waals surface area contributed by atoms with Crippen molar-refractivity contribution in [3.05, 3.63) is 18.2 Å². The SMILES string of the molecule is CCC(C)(C)C(=O)Nc1ccc(O)cc1N. The number of anilines is 2. The Hall–Kier alpha value is -1.71. The molecule has 16 heavy (non-hydrogen) atoms. The number of hydrogen-bond acceptors (Lipinski definition) is 3. The number of nitrogen functional groups attached to an aromatic ring is 1. The Balaban J connectivity index is 2.85. The number of phenolic OH excluding ortho intramolecular Hbond substituents is 1. The number of hydrogen-bond donors (Lipinski definition) is 3. The molecule has 4 N–H and O–H groups in total. The minimum atomic E-state index is -0.426. The van der Waals surface area contributed by atoms with Crippen molar-refractivity contribution in [2.45, 2.75) is 27.2 Å². The Morgan fingerprint density at radius 1 is 1.50 bits per heavy atom. The van der Waals surface area contributed by atoms with Crippen molar-refractivity contribution in [3.8, 4) is 5.75 Å². The van der Waals surface area contributed by atoms with Crippen LogP contribution >= 0.6 is 0 Å². The second-order valence-electron chi connectivity index (χ2n) is 4.46. The van der Waals surface area contributed by atoms with Crippen LogP contribution in [0.15, 0.2) is 18.2 Å². The lowest BCUT2D eigenvalue weighted by atomic mass is 9.89. The fourth-order valence-corrected chi connectivity index (χ4v) is 1.12. The summed E-state index contributed by atoms with van der Waals surface area (Å²) >= 11 is 0. The summed E-state index contributed by atoms with van der Waals surface area (Å²) in [6.45, 7) is 5.71. The Kier molecular flexibility index (Phi) is 3.42. The normalized spacial score (nSPS) is 11.2. The van der Waals surface area contributed by atoms with E-state index in [9.17, 15) is 9.90 Å². The predicted octanol–water partition coefficient (Wildman–Crippen LogP) is 2.35. The molecule has 0 heterocycles. The fraction of sp³-hybridized carbons (Fsp3) is 0.417. The Morgan fingerprint density at radius 2 is 2.12 bits per heavy atom. The molecule has 0 spiro atoms. The summed E-state index contributed by atoms with van der Waals surface area (Å²) in [6, 6.07) is 4.49. The Bertz CT molecular complexity index is 400. The molecule has 1 aromatic rings. The number of nitrogens with one attached hydrogen (secondary N) is 1. The van der Waals surface area contributed by atoms with Crippen LogP contribution in [-0.4, -0.2) is 11.0 Å².